The molecule has 4 aliphatic carbocycles. The number of carbonyl (C=O) groups excluding carboxylic acids is 1. The maximum atomic E-state index is 13.5. The van der Waals surface area contributed by atoms with Gasteiger partial charge >= 0.3 is 0 Å². The molecule has 5 aliphatic rings. The number of benzene rings is 1. The highest BCUT2D eigenvalue weighted by molar-refractivity contribution is 6.31. The molecule has 1 aromatic rings. The number of carbonyl (C=O) groups is 1. The van der Waals surface area contributed by atoms with E-state index >= 15 is 0 Å². The Labute approximate surface area is 183 Å². The number of halogens is 1. The highest BCUT2D eigenvalue weighted by atomic mass is 35.5. The Bertz CT molecular complexity index is 813. The molecule has 0 spiro atoms. The zero-order chi connectivity index (χ0) is 20.9. The van der Waals surface area contributed by atoms with E-state index in [1.54, 1.807) is 6.07 Å². The Morgan fingerprint density at radius 3 is 2.60 bits per heavy atom. The second-order valence-corrected chi connectivity index (χ2v) is 10.8. The van der Waals surface area contributed by atoms with E-state index in [0.717, 1.165) is 50.6 Å². The summed E-state index contributed by atoms with van der Waals surface area (Å²) < 4.78 is 5.43. The molecule has 4 bridgehead atoms. The molecule has 2 N–H and O–H groups in total. The van der Waals surface area contributed by atoms with E-state index in [2.05, 4.69) is 4.90 Å². The second kappa shape index (κ2) is 7.68. The molecule has 6 rings (SSSR count). The number of likely N-dealkylation sites (tertiary alicyclic amines) is 1. The number of amides is 1. The fourth-order valence-corrected chi connectivity index (χ4v) is 7.76. The Kier molecular flexibility index (Phi) is 5.27. The quantitative estimate of drug-likeness (QED) is 0.691. The van der Waals surface area contributed by atoms with Crippen molar-refractivity contribution >= 4 is 17.5 Å². The molecule has 1 heterocycles. The summed E-state index contributed by atoms with van der Waals surface area (Å²) in [5.74, 6) is 2.24. The molecule has 3 atom stereocenters. The van der Waals surface area contributed by atoms with Crippen LogP contribution in [0.2, 0.25) is 5.02 Å². The van der Waals surface area contributed by atoms with Crippen LogP contribution < -0.4 is 4.74 Å². The summed E-state index contributed by atoms with van der Waals surface area (Å²) in [6, 6.07) is 5.57. The largest absolute Gasteiger partial charge is 0.491 e. The van der Waals surface area contributed by atoms with E-state index in [1.165, 1.54) is 6.42 Å². The SMILES string of the molecule is O=C1C(Cc2ccc(OCCO)cc2Cl)CCN1C12CC3CC(CC(CO)(C3)C1)C2. The van der Waals surface area contributed by atoms with Crippen molar-refractivity contribution in [2.45, 2.75) is 56.9 Å². The molecular formula is C24H32ClNO4. The second-order valence-electron chi connectivity index (χ2n) is 10.3. The van der Waals surface area contributed by atoms with Gasteiger partial charge in [-0.25, -0.2) is 0 Å². The lowest BCUT2D eigenvalue weighted by Gasteiger charge is -2.64. The van der Waals surface area contributed by atoms with Gasteiger partial charge in [0.1, 0.15) is 12.4 Å². The van der Waals surface area contributed by atoms with Crippen LogP contribution in [0.1, 0.15) is 50.5 Å². The molecule has 1 aliphatic heterocycles. The van der Waals surface area contributed by atoms with Gasteiger partial charge < -0.3 is 19.8 Å². The van der Waals surface area contributed by atoms with Gasteiger partial charge in [-0.2, -0.15) is 0 Å². The lowest BCUT2D eigenvalue weighted by atomic mass is 9.46. The van der Waals surface area contributed by atoms with E-state index < -0.39 is 0 Å². The number of ether oxygens (including phenoxy) is 1. The van der Waals surface area contributed by atoms with Gasteiger partial charge in [-0.05, 0) is 86.3 Å². The van der Waals surface area contributed by atoms with Crippen molar-refractivity contribution in [3.05, 3.63) is 28.8 Å². The molecule has 4 saturated carbocycles. The summed E-state index contributed by atoms with van der Waals surface area (Å²) in [5.41, 5.74) is 1.01. The fourth-order valence-electron chi connectivity index (χ4n) is 7.51. The van der Waals surface area contributed by atoms with E-state index in [9.17, 15) is 9.90 Å². The molecule has 1 aromatic carbocycles. The Morgan fingerprint density at radius 2 is 1.93 bits per heavy atom. The van der Waals surface area contributed by atoms with Gasteiger partial charge in [0.2, 0.25) is 5.91 Å². The normalized spacial score (nSPS) is 37.2. The topological polar surface area (TPSA) is 70.0 Å². The summed E-state index contributed by atoms with van der Waals surface area (Å²) in [7, 11) is 0. The van der Waals surface area contributed by atoms with Crippen molar-refractivity contribution in [3.63, 3.8) is 0 Å². The molecule has 5 fully saturated rings. The van der Waals surface area contributed by atoms with Gasteiger partial charge in [-0.3, -0.25) is 4.79 Å². The lowest BCUT2D eigenvalue weighted by molar-refractivity contribution is -0.163. The maximum Gasteiger partial charge on any atom is 0.226 e. The van der Waals surface area contributed by atoms with Crippen molar-refractivity contribution in [1.82, 2.24) is 4.90 Å². The number of rotatable bonds is 7. The molecule has 30 heavy (non-hydrogen) atoms. The van der Waals surface area contributed by atoms with Crippen LogP contribution in [0.3, 0.4) is 0 Å². The van der Waals surface area contributed by atoms with Crippen LogP contribution in [0.5, 0.6) is 5.75 Å². The number of hydrogen-bond donors (Lipinski definition) is 2. The zero-order valence-corrected chi connectivity index (χ0v) is 18.2. The molecule has 5 nitrogen and oxygen atoms in total. The van der Waals surface area contributed by atoms with Crippen LogP contribution in [-0.2, 0) is 11.2 Å². The van der Waals surface area contributed by atoms with Gasteiger partial charge in [0.05, 0.1) is 6.61 Å². The summed E-state index contributed by atoms with van der Waals surface area (Å²) >= 11 is 6.47. The van der Waals surface area contributed by atoms with Crippen LogP contribution in [0.4, 0.5) is 0 Å². The van der Waals surface area contributed by atoms with Crippen molar-refractivity contribution < 1.29 is 19.7 Å². The molecule has 164 valence electrons. The molecule has 1 saturated heterocycles. The minimum absolute atomic E-state index is 0.0233. The van der Waals surface area contributed by atoms with Gasteiger partial charge in [0.25, 0.3) is 0 Å². The predicted octanol–water partition coefficient (Wildman–Crippen LogP) is 3.43. The van der Waals surface area contributed by atoms with E-state index in [-0.39, 0.29) is 42.6 Å². The average Bonchev–Trinajstić information content (AvgIpc) is 3.08. The first-order valence-corrected chi connectivity index (χ1v) is 11.8. The third kappa shape index (κ3) is 3.43. The average molecular weight is 434 g/mol. The first kappa shape index (κ1) is 20.6. The monoisotopic (exact) mass is 433 g/mol. The van der Waals surface area contributed by atoms with Gasteiger partial charge in [0, 0.05) is 29.6 Å². The van der Waals surface area contributed by atoms with Crippen LogP contribution in [0.15, 0.2) is 18.2 Å². The molecule has 3 unspecified atom stereocenters. The Hall–Kier alpha value is -1.30. The van der Waals surface area contributed by atoms with Gasteiger partial charge in [-0.15, -0.1) is 0 Å². The smallest absolute Gasteiger partial charge is 0.226 e. The fraction of sp³-hybridized carbons (Fsp3) is 0.708. The van der Waals surface area contributed by atoms with E-state index in [0.29, 0.717) is 29.0 Å². The molecule has 0 aromatic heterocycles. The van der Waals surface area contributed by atoms with Crippen LogP contribution in [0.25, 0.3) is 0 Å². The predicted molar refractivity (Wildman–Crippen MR) is 114 cm³/mol. The van der Waals surface area contributed by atoms with E-state index in [4.69, 9.17) is 21.4 Å². The van der Waals surface area contributed by atoms with E-state index in [1.807, 2.05) is 12.1 Å². The van der Waals surface area contributed by atoms with Crippen molar-refractivity contribution in [2.75, 3.05) is 26.4 Å². The molecular weight excluding hydrogens is 402 g/mol. The first-order valence-electron chi connectivity index (χ1n) is 11.4. The summed E-state index contributed by atoms with van der Waals surface area (Å²) in [5, 5.41) is 19.7. The highest BCUT2D eigenvalue weighted by Crippen LogP contribution is 2.63. The standard InChI is InChI=1S/C24H32ClNO4/c25-21-9-20(30-6-5-27)2-1-18(21)8-19-3-4-26(22(19)29)24-12-16-7-17(13-24)11-23(10-16,14-24)15-28/h1-2,9,16-17,19,27-28H,3-8,10-15H2. The van der Waals surface area contributed by atoms with Crippen LogP contribution in [-0.4, -0.2) is 52.9 Å². The summed E-state index contributed by atoms with van der Waals surface area (Å²) in [4.78, 5) is 15.7. The third-order valence-corrected chi connectivity index (χ3v) is 8.58. The number of aliphatic hydroxyl groups is 2. The van der Waals surface area contributed by atoms with Crippen LogP contribution in [0, 0.1) is 23.2 Å². The Morgan fingerprint density at radius 1 is 1.17 bits per heavy atom. The Balaban J connectivity index is 1.30. The maximum absolute atomic E-state index is 13.5. The van der Waals surface area contributed by atoms with Crippen molar-refractivity contribution in [3.8, 4) is 5.75 Å². The number of hydrogen-bond acceptors (Lipinski definition) is 4. The first-order chi connectivity index (χ1) is 14.5. The number of aliphatic hydroxyl groups excluding tert-OH is 2. The number of nitrogens with zero attached hydrogens (tertiary/aromatic N) is 1. The lowest BCUT2D eigenvalue weighted by Crippen LogP contribution is -2.64. The van der Waals surface area contributed by atoms with Gasteiger partial charge in [0.15, 0.2) is 0 Å². The van der Waals surface area contributed by atoms with Crippen molar-refractivity contribution in [2.24, 2.45) is 23.2 Å². The van der Waals surface area contributed by atoms with Gasteiger partial charge in [-0.1, -0.05) is 17.7 Å². The van der Waals surface area contributed by atoms with Crippen LogP contribution >= 0.6 is 11.6 Å². The third-order valence-electron chi connectivity index (χ3n) is 8.23. The zero-order valence-electron chi connectivity index (χ0n) is 17.5. The summed E-state index contributed by atoms with van der Waals surface area (Å²) in [6.45, 7) is 1.31. The van der Waals surface area contributed by atoms with Crippen molar-refractivity contribution in [1.29, 1.82) is 0 Å². The molecule has 6 heteroatoms. The molecule has 0 radical (unpaired) electrons. The summed E-state index contributed by atoms with van der Waals surface area (Å²) in [6.07, 6.45) is 8.35. The minimum atomic E-state index is -0.0349. The minimum Gasteiger partial charge on any atom is -0.491 e. The molecule has 1 amide bonds. The highest BCUT2D eigenvalue weighted by Gasteiger charge is 2.61.